The molecule has 24 heavy (non-hydrogen) atoms. The molecule has 132 valence electrons. The van der Waals surface area contributed by atoms with Gasteiger partial charge in [-0.25, -0.2) is 4.79 Å². The van der Waals surface area contributed by atoms with E-state index in [1.807, 2.05) is 35.2 Å². The Kier molecular flexibility index (Phi) is 7.09. The smallest absolute Gasteiger partial charge is 0.317 e. The van der Waals surface area contributed by atoms with E-state index >= 15 is 0 Å². The molecule has 2 atom stereocenters. The summed E-state index contributed by atoms with van der Waals surface area (Å²) in [6, 6.07) is 9.99. The molecule has 2 rings (SSSR count). The van der Waals surface area contributed by atoms with Crippen LogP contribution in [0.5, 0.6) is 0 Å². The lowest BCUT2D eigenvalue weighted by atomic mass is 9.99. The number of nitrogens with one attached hydrogen (secondary N) is 1. The Labute approximate surface area is 144 Å². The zero-order valence-corrected chi connectivity index (χ0v) is 14.4. The van der Waals surface area contributed by atoms with Crippen molar-refractivity contribution in [3.8, 4) is 0 Å². The first-order chi connectivity index (χ1) is 11.6. The summed E-state index contributed by atoms with van der Waals surface area (Å²) in [4.78, 5) is 25.5. The number of hydrogen-bond acceptors (Lipinski definition) is 2. The van der Waals surface area contributed by atoms with Gasteiger partial charge in [-0.1, -0.05) is 37.3 Å². The lowest BCUT2D eigenvalue weighted by Gasteiger charge is -2.36. The highest BCUT2D eigenvalue weighted by molar-refractivity contribution is 5.75. The van der Waals surface area contributed by atoms with Gasteiger partial charge in [0, 0.05) is 25.0 Å². The molecule has 1 heterocycles. The van der Waals surface area contributed by atoms with Gasteiger partial charge in [0.15, 0.2) is 0 Å². The van der Waals surface area contributed by atoms with Crippen molar-refractivity contribution >= 4 is 12.0 Å². The Morgan fingerprint density at radius 2 is 2.04 bits per heavy atom. The van der Waals surface area contributed by atoms with Crippen molar-refractivity contribution in [2.75, 3.05) is 6.54 Å². The maximum absolute atomic E-state index is 12.7. The second-order valence-electron chi connectivity index (χ2n) is 6.52. The van der Waals surface area contributed by atoms with Gasteiger partial charge < -0.3 is 15.3 Å². The van der Waals surface area contributed by atoms with Gasteiger partial charge in [0.05, 0.1) is 0 Å². The number of benzene rings is 1. The molecule has 2 unspecified atom stereocenters. The van der Waals surface area contributed by atoms with E-state index in [0.29, 0.717) is 18.9 Å². The number of hydrogen-bond donors (Lipinski definition) is 2. The van der Waals surface area contributed by atoms with Crippen molar-refractivity contribution in [3.63, 3.8) is 0 Å². The maximum atomic E-state index is 12.7. The van der Waals surface area contributed by atoms with Crippen LogP contribution < -0.4 is 5.32 Å². The first-order valence-electron chi connectivity index (χ1n) is 8.93. The van der Waals surface area contributed by atoms with E-state index in [4.69, 9.17) is 5.11 Å². The Bertz CT molecular complexity index is 533. The molecule has 0 saturated carbocycles. The summed E-state index contributed by atoms with van der Waals surface area (Å²) >= 11 is 0. The molecule has 2 amide bonds. The van der Waals surface area contributed by atoms with Gasteiger partial charge in [0.1, 0.15) is 0 Å². The van der Waals surface area contributed by atoms with Crippen molar-refractivity contribution in [1.82, 2.24) is 10.2 Å². The standard InChI is InChI=1S/C19H28N2O3/c1-2-17-10-6-7-13-21(17)19(24)20-16(11-12-18(22)23)14-15-8-4-3-5-9-15/h3-5,8-9,16-17H,2,6-7,10-14H2,1H3,(H,20,24)(H,22,23). The molecule has 5 nitrogen and oxygen atoms in total. The number of urea groups is 1. The summed E-state index contributed by atoms with van der Waals surface area (Å²) in [7, 11) is 0. The second kappa shape index (κ2) is 9.30. The fourth-order valence-electron chi connectivity index (χ4n) is 3.37. The van der Waals surface area contributed by atoms with Gasteiger partial charge in [-0.3, -0.25) is 4.79 Å². The molecule has 1 saturated heterocycles. The van der Waals surface area contributed by atoms with Crippen LogP contribution in [0, 0.1) is 0 Å². The molecular formula is C19H28N2O3. The van der Waals surface area contributed by atoms with E-state index in [9.17, 15) is 9.59 Å². The highest BCUT2D eigenvalue weighted by Crippen LogP contribution is 2.20. The minimum absolute atomic E-state index is 0.0483. The van der Waals surface area contributed by atoms with Crippen LogP contribution in [-0.2, 0) is 11.2 Å². The van der Waals surface area contributed by atoms with Crippen molar-refractivity contribution < 1.29 is 14.7 Å². The van der Waals surface area contributed by atoms with Gasteiger partial charge in [-0.2, -0.15) is 0 Å². The van der Waals surface area contributed by atoms with E-state index in [1.54, 1.807) is 0 Å². The van der Waals surface area contributed by atoms with Crippen LogP contribution >= 0.6 is 0 Å². The summed E-state index contributed by atoms with van der Waals surface area (Å²) in [5.74, 6) is -0.827. The molecule has 0 aromatic heterocycles. The second-order valence-corrected chi connectivity index (χ2v) is 6.52. The van der Waals surface area contributed by atoms with Crippen LogP contribution in [0.15, 0.2) is 30.3 Å². The minimum atomic E-state index is -0.827. The molecule has 1 aliphatic heterocycles. The Balaban J connectivity index is 2.00. The Hall–Kier alpha value is -2.04. The van der Waals surface area contributed by atoms with E-state index in [0.717, 1.165) is 31.4 Å². The summed E-state index contributed by atoms with van der Waals surface area (Å²) in [5, 5.41) is 12.0. The van der Waals surface area contributed by atoms with Gasteiger partial charge in [-0.15, -0.1) is 0 Å². The predicted molar refractivity (Wildman–Crippen MR) is 94.0 cm³/mol. The maximum Gasteiger partial charge on any atom is 0.317 e. The summed E-state index contributed by atoms with van der Waals surface area (Å²) in [6.45, 7) is 2.91. The molecule has 2 N–H and O–H groups in total. The molecule has 1 aliphatic rings. The molecule has 0 radical (unpaired) electrons. The fourth-order valence-corrected chi connectivity index (χ4v) is 3.37. The molecule has 0 spiro atoms. The third kappa shape index (κ3) is 5.55. The summed E-state index contributed by atoms with van der Waals surface area (Å²) in [6.07, 6.45) is 5.41. The summed E-state index contributed by atoms with van der Waals surface area (Å²) < 4.78 is 0. The molecule has 5 heteroatoms. The number of likely N-dealkylation sites (tertiary alicyclic amines) is 1. The van der Waals surface area contributed by atoms with E-state index in [-0.39, 0.29) is 18.5 Å². The zero-order chi connectivity index (χ0) is 17.4. The number of amides is 2. The van der Waals surface area contributed by atoms with Crippen LogP contribution in [0.2, 0.25) is 0 Å². The van der Waals surface area contributed by atoms with Crippen molar-refractivity contribution in [2.45, 2.75) is 64.0 Å². The summed E-state index contributed by atoms with van der Waals surface area (Å²) in [5.41, 5.74) is 1.11. The average Bonchev–Trinajstić information content (AvgIpc) is 2.60. The number of rotatable bonds is 7. The lowest BCUT2D eigenvalue weighted by molar-refractivity contribution is -0.137. The third-order valence-corrected chi connectivity index (χ3v) is 4.72. The van der Waals surface area contributed by atoms with E-state index in [1.165, 1.54) is 6.42 Å². The normalized spacial score (nSPS) is 18.9. The number of piperidine rings is 1. The Morgan fingerprint density at radius 3 is 2.71 bits per heavy atom. The largest absolute Gasteiger partial charge is 0.481 e. The van der Waals surface area contributed by atoms with Crippen LogP contribution in [0.3, 0.4) is 0 Å². The first-order valence-corrected chi connectivity index (χ1v) is 8.93. The van der Waals surface area contributed by atoms with E-state index < -0.39 is 5.97 Å². The quantitative estimate of drug-likeness (QED) is 0.803. The number of carbonyl (C=O) groups is 2. The van der Waals surface area contributed by atoms with E-state index in [2.05, 4.69) is 12.2 Å². The highest BCUT2D eigenvalue weighted by atomic mass is 16.4. The predicted octanol–water partition coefficient (Wildman–Crippen LogP) is 3.44. The van der Waals surface area contributed by atoms with Crippen molar-refractivity contribution in [1.29, 1.82) is 0 Å². The van der Waals surface area contributed by atoms with Crippen LogP contribution in [0.4, 0.5) is 4.79 Å². The molecular weight excluding hydrogens is 304 g/mol. The molecule has 0 bridgehead atoms. The molecule has 1 fully saturated rings. The van der Waals surface area contributed by atoms with Gasteiger partial charge in [0.2, 0.25) is 0 Å². The topological polar surface area (TPSA) is 69.6 Å². The average molecular weight is 332 g/mol. The molecule has 1 aromatic rings. The number of carbonyl (C=O) groups excluding carboxylic acids is 1. The van der Waals surface area contributed by atoms with Crippen LogP contribution in [0.1, 0.15) is 51.0 Å². The van der Waals surface area contributed by atoms with Crippen LogP contribution in [-0.4, -0.2) is 40.6 Å². The first kappa shape index (κ1) is 18.3. The van der Waals surface area contributed by atoms with Crippen molar-refractivity contribution in [3.05, 3.63) is 35.9 Å². The van der Waals surface area contributed by atoms with Crippen LogP contribution in [0.25, 0.3) is 0 Å². The van der Waals surface area contributed by atoms with Gasteiger partial charge >= 0.3 is 12.0 Å². The number of nitrogens with zero attached hydrogens (tertiary/aromatic N) is 1. The minimum Gasteiger partial charge on any atom is -0.481 e. The molecule has 0 aliphatic carbocycles. The zero-order valence-electron chi connectivity index (χ0n) is 14.4. The number of aliphatic carboxylic acids is 1. The van der Waals surface area contributed by atoms with Gasteiger partial charge in [0.25, 0.3) is 0 Å². The number of carboxylic acid groups (broad SMARTS) is 1. The van der Waals surface area contributed by atoms with Crippen molar-refractivity contribution in [2.24, 2.45) is 0 Å². The lowest BCUT2D eigenvalue weighted by Crippen LogP contribution is -2.51. The molecule has 1 aromatic carbocycles. The monoisotopic (exact) mass is 332 g/mol. The fraction of sp³-hybridized carbons (Fsp3) is 0.579. The van der Waals surface area contributed by atoms with Gasteiger partial charge in [-0.05, 0) is 44.1 Å². The SMILES string of the molecule is CCC1CCCCN1C(=O)NC(CCC(=O)O)Cc1ccccc1. The third-order valence-electron chi connectivity index (χ3n) is 4.72. The highest BCUT2D eigenvalue weighted by Gasteiger charge is 2.26. The number of carboxylic acids is 1. The Morgan fingerprint density at radius 1 is 1.29 bits per heavy atom.